The first kappa shape index (κ1) is 31.7. The van der Waals surface area contributed by atoms with Crippen molar-refractivity contribution in [3.05, 3.63) is 49.3 Å². The summed E-state index contributed by atoms with van der Waals surface area (Å²) in [5.41, 5.74) is 1.56. The average molecular weight is 403 g/mol. The fourth-order valence-corrected chi connectivity index (χ4v) is 0.608. The summed E-state index contributed by atoms with van der Waals surface area (Å²) in [4.78, 5) is 29.1. The van der Waals surface area contributed by atoms with Crippen LogP contribution >= 0.6 is 0 Å². The van der Waals surface area contributed by atoms with Crippen LogP contribution < -0.4 is 0 Å². The molecule has 3 radical (unpaired) electrons. The number of carboxylic acid groups (broad SMARTS) is 3. The third-order valence-electron chi connectivity index (χ3n) is 1.42. The SMILES string of the molecule is C=C[Si].CCOC=CC(=O)O.CCOC=CC(=O)O.CCOC=CC(=O)O. The van der Waals surface area contributed by atoms with Crippen molar-refractivity contribution in [1.82, 2.24) is 0 Å². The summed E-state index contributed by atoms with van der Waals surface area (Å²) < 4.78 is 13.7. The lowest BCUT2D eigenvalue weighted by atomic mass is 10.6. The van der Waals surface area contributed by atoms with Crippen molar-refractivity contribution in [3.63, 3.8) is 0 Å². The number of carbonyl (C=O) groups is 3. The van der Waals surface area contributed by atoms with Crippen LogP contribution in [0.1, 0.15) is 20.8 Å². The minimum absolute atomic E-state index is 0.504. The van der Waals surface area contributed by atoms with Crippen LogP contribution in [0.2, 0.25) is 0 Å². The minimum atomic E-state index is -0.988. The van der Waals surface area contributed by atoms with E-state index in [1.165, 1.54) is 0 Å². The molecule has 0 aliphatic heterocycles. The van der Waals surface area contributed by atoms with Crippen LogP contribution in [0.4, 0.5) is 0 Å². The maximum Gasteiger partial charge on any atom is 0.331 e. The van der Waals surface area contributed by atoms with E-state index in [9.17, 15) is 14.4 Å². The summed E-state index contributed by atoms with van der Waals surface area (Å²) in [5, 5.41) is 23.9. The fraction of sp³-hybridized carbons (Fsp3) is 0.353. The Kier molecular flexibility index (Phi) is 36.2. The molecule has 0 atom stereocenters. The first-order valence-electron chi connectivity index (χ1n) is 7.54. The molecule has 0 aromatic carbocycles. The van der Waals surface area contributed by atoms with E-state index in [2.05, 4.69) is 31.0 Å². The summed E-state index contributed by atoms with van der Waals surface area (Å²) in [6.45, 7) is 10.1. The molecule has 3 N–H and O–H groups in total. The van der Waals surface area contributed by atoms with Gasteiger partial charge in [0.2, 0.25) is 0 Å². The highest BCUT2D eigenvalue weighted by molar-refractivity contribution is 6.16. The Hall–Kier alpha value is -3.01. The van der Waals surface area contributed by atoms with Gasteiger partial charge in [-0.3, -0.25) is 0 Å². The van der Waals surface area contributed by atoms with Crippen LogP contribution in [0.5, 0.6) is 0 Å². The highest BCUT2D eigenvalue weighted by Crippen LogP contribution is 1.76. The molecule has 0 unspecified atom stereocenters. The maximum absolute atomic E-state index is 9.71. The van der Waals surface area contributed by atoms with Crippen LogP contribution in [-0.2, 0) is 28.6 Å². The van der Waals surface area contributed by atoms with E-state index in [0.717, 1.165) is 37.0 Å². The standard InChI is InChI=1S/3C5H8O3.C2H3Si/c3*1-2-8-4-3-5(6)7;1-2-3/h3*3-4H,2H2,1H3,(H,6,7);2H,1H2. The smallest absolute Gasteiger partial charge is 0.331 e. The summed E-state index contributed by atoms with van der Waals surface area (Å²) in [6, 6.07) is 0. The molecule has 0 aliphatic carbocycles. The van der Waals surface area contributed by atoms with E-state index in [1.54, 1.807) is 26.5 Å². The first-order chi connectivity index (χ1) is 12.7. The van der Waals surface area contributed by atoms with Crippen LogP contribution in [0, 0.1) is 0 Å². The van der Waals surface area contributed by atoms with Crippen LogP contribution in [-0.4, -0.2) is 63.3 Å². The Morgan fingerprint density at radius 2 is 0.926 bits per heavy atom. The van der Waals surface area contributed by atoms with E-state index >= 15 is 0 Å². The molecule has 0 amide bonds. The maximum atomic E-state index is 9.71. The van der Waals surface area contributed by atoms with Crippen molar-refractivity contribution < 1.29 is 43.9 Å². The predicted molar refractivity (Wildman–Crippen MR) is 101 cm³/mol. The van der Waals surface area contributed by atoms with Gasteiger partial charge in [0.1, 0.15) is 0 Å². The molecular formula is C17H27O9Si. The van der Waals surface area contributed by atoms with Crippen LogP contribution in [0.25, 0.3) is 0 Å². The zero-order valence-corrected chi connectivity index (χ0v) is 16.7. The van der Waals surface area contributed by atoms with Gasteiger partial charge in [0.25, 0.3) is 0 Å². The van der Waals surface area contributed by atoms with Gasteiger partial charge < -0.3 is 29.5 Å². The molecule has 0 bridgehead atoms. The zero-order valence-electron chi connectivity index (χ0n) is 15.7. The summed E-state index contributed by atoms with van der Waals surface area (Å²) in [7, 11) is 2.95. The third kappa shape index (κ3) is 70.5. The molecule has 27 heavy (non-hydrogen) atoms. The van der Waals surface area contributed by atoms with Crippen molar-refractivity contribution in [1.29, 1.82) is 0 Å². The molecular weight excluding hydrogens is 376 g/mol. The Morgan fingerprint density at radius 1 is 0.741 bits per heavy atom. The molecule has 9 nitrogen and oxygen atoms in total. The van der Waals surface area contributed by atoms with Gasteiger partial charge in [0, 0.05) is 0 Å². The highest BCUT2D eigenvalue weighted by atomic mass is 28.1. The quantitative estimate of drug-likeness (QED) is 0.300. The van der Waals surface area contributed by atoms with Crippen molar-refractivity contribution in [3.8, 4) is 0 Å². The second-order valence-corrected chi connectivity index (χ2v) is 3.90. The number of hydrogen-bond donors (Lipinski definition) is 3. The lowest BCUT2D eigenvalue weighted by molar-refractivity contribution is -0.132. The lowest BCUT2D eigenvalue weighted by Crippen LogP contribution is -1.87. The minimum Gasteiger partial charge on any atom is -0.501 e. The number of hydrogen-bond acceptors (Lipinski definition) is 6. The van der Waals surface area contributed by atoms with Crippen molar-refractivity contribution in [2.24, 2.45) is 0 Å². The molecule has 0 rings (SSSR count). The van der Waals surface area contributed by atoms with Gasteiger partial charge in [-0.1, -0.05) is 0 Å². The summed E-state index contributed by atoms with van der Waals surface area (Å²) in [6.07, 6.45) is 6.31. The van der Waals surface area contributed by atoms with Crippen molar-refractivity contribution in [2.45, 2.75) is 20.8 Å². The largest absolute Gasteiger partial charge is 0.501 e. The van der Waals surface area contributed by atoms with E-state index in [0.29, 0.717) is 19.8 Å². The molecule has 0 aliphatic rings. The van der Waals surface area contributed by atoms with Gasteiger partial charge in [0.15, 0.2) is 0 Å². The molecule has 0 fully saturated rings. The van der Waals surface area contributed by atoms with Crippen LogP contribution in [0.15, 0.2) is 49.3 Å². The Morgan fingerprint density at radius 3 is 1.04 bits per heavy atom. The van der Waals surface area contributed by atoms with E-state index in [4.69, 9.17) is 15.3 Å². The van der Waals surface area contributed by atoms with E-state index in [-0.39, 0.29) is 0 Å². The normalized spacial score (nSPS) is 9.04. The Bertz CT molecular complexity index is 396. The van der Waals surface area contributed by atoms with Gasteiger partial charge in [-0.2, -0.15) is 0 Å². The topological polar surface area (TPSA) is 140 Å². The van der Waals surface area contributed by atoms with Gasteiger partial charge in [-0.05, 0) is 20.8 Å². The Labute approximate surface area is 162 Å². The molecule has 10 heteroatoms. The van der Waals surface area contributed by atoms with Gasteiger partial charge in [-0.25, -0.2) is 14.4 Å². The fourth-order valence-electron chi connectivity index (χ4n) is 0.608. The lowest BCUT2D eigenvalue weighted by Gasteiger charge is -1.87. The van der Waals surface area contributed by atoms with Crippen molar-refractivity contribution >= 4 is 28.2 Å². The van der Waals surface area contributed by atoms with Crippen LogP contribution in [0.3, 0.4) is 0 Å². The molecule has 0 heterocycles. The summed E-state index contributed by atoms with van der Waals surface area (Å²) in [5.74, 6) is -2.96. The third-order valence-corrected chi connectivity index (χ3v) is 1.42. The van der Waals surface area contributed by atoms with E-state index < -0.39 is 17.9 Å². The van der Waals surface area contributed by atoms with Gasteiger partial charge in [0.05, 0.1) is 67.1 Å². The second-order valence-electron chi connectivity index (χ2n) is 3.49. The molecule has 153 valence electrons. The highest BCUT2D eigenvalue weighted by Gasteiger charge is 1.82. The number of ether oxygens (including phenoxy) is 3. The summed E-state index contributed by atoms with van der Waals surface area (Å²) >= 11 is 0. The van der Waals surface area contributed by atoms with Crippen molar-refractivity contribution in [2.75, 3.05) is 19.8 Å². The Balaban J connectivity index is -0.000000137. The first-order valence-corrected chi connectivity index (χ1v) is 8.12. The monoisotopic (exact) mass is 403 g/mol. The molecule has 0 saturated heterocycles. The number of carboxylic acids is 3. The second kappa shape index (κ2) is 30.8. The van der Waals surface area contributed by atoms with Gasteiger partial charge in [-0.15, -0.1) is 12.3 Å². The molecule has 0 saturated carbocycles. The molecule has 0 aromatic rings. The molecule has 0 aromatic heterocycles. The van der Waals surface area contributed by atoms with Gasteiger partial charge >= 0.3 is 17.9 Å². The zero-order chi connectivity index (χ0) is 21.9. The predicted octanol–water partition coefficient (Wildman–Crippen LogP) is 2.16. The number of aliphatic carboxylic acids is 3. The number of rotatable bonds is 9. The van der Waals surface area contributed by atoms with E-state index in [1.807, 2.05) is 0 Å². The average Bonchev–Trinajstić information content (AvgIpc) is 2.57. The molecule has 0 spiro atoms.